The second-order valence-electron chi connectivity index (χ2n) is 22.0. The standard InChI is InChI=1S/C9H13N.C8H12N2.2C7H12N2.3C6H11N3/c1-9(2,3)8-6-4-5-7-10-8;1-8(2,3)7-9-5-4-6-10-7;2*1-7(2,3)9-6-4-5-8-9;1-6(2,3)9-5-4-7-8-9;2*1-6(2,3)9-7-4-5-8-9/h4-7H,1-3H3;4-6H,1-3H3;2*4-6H,1-3H3;3*4-5H,1-3H3. The van der Waals surface area contributed by atoms with Crippen LogP contribution < -0.4 is 0 Å². The van der Waals surface area contributed by atoms with Crippen LogP contribution in [0, 0.1) is 0 Å². The molecule has 0 saturated carbocycles. The highest BCUT2D eigenvalue weighted by atomic mass is 15.5. The van der Waals surface area contributed by atoms with Crippen molar-refractivity contribution >= 4 is 0 Å². The average molecular weight is 895 g/mol. The lowest BCUT2D eigenvalue weighted by Gasteiger charge is -2.18. The third-order valence-corrected chi connectivity index (χ3v) is 8.20. The zero-order valence-corrected chi connectivity index (χ0v) is 43.6. The van der Waals surface area contributed by atoms with E-state index >= 15 is 0 Å². The summed E-state index contributed by atoms with van der Waals surface area (Å²) in [6, 6.07) is 11.7. The molecule has 16 nitrogen and oxygen atoms in total. The third kappa shape index (κ3) is 24.1. The molecule has 0 unspecified atom stereocenters. The van der Waals surface area contributed by atoms with Crippen molar-refractivity contribution < 1.29 is 0 Å². The maximum Gasteiger partial charge on any atom is 0.133 e. The van der Waals surface area contributed by atoms with Crippen molar-refractivity contribution in [2.75, 3.05) is 0 Å². The molecule has 0 saturated heterocycles. The lowest BCUT2D eigenvalue weighted by Crippen LogP contribution is -2.24. The SMILES string of the molecule is CC(C)(C)c1ccccn1.CC(C)(C)c1ncccn1.CC(C)(C)n1cccn1.CC(C)(C)n1cccn1.CC(C)(C)n1ccnn1.CC(C)(C)n1nccn1.CC(C)(C)n1nccn1. The first-order chi connectivity index (χ1) is 29.7. The van der Waals surface area contributed by atoms with E-state index in [1.165, 1.54) is 0 Å². The van der Waals surface area contributed by atoms with Gasteiger partial charge < -0.3 is 0 Å². The van der Waals surface area contributed by atoms with Crippen LogP contribution in [0.25, 0.3) is 0 Å². The van der Waals surface area contributed by atoms with Gasteiger partial charge in [-0.3, -0.25) is 14.3 Å². The molecule has 7 heterocycles. The molecule has 358 valence electrons. The summed E-state index contributed by atoms with van der Waals surface area (Å²) in [6.07, 6.45) is 23.2. The van der Waals surface area contributed by atoms with Gasteiger partial charge in [0.2, 0.25) is 0 Å². The average Bonchev–Trinajstić information content (AvgIpc) is 4.05. The van der Waals surface area contributed by atoms with Crippen molar-refractivity contribution in [1.29, 1.82) is 0 Å². The Morgan fingerprint density at radius 3 is 0.908 bits per heavy atom. The van der Waals surface area contributed by atoms with Crippen molar-refractivity contribution in [3.05, 3.63) is 128 Å². The van der Waals surface area contributed by atoms with Gasteiger partial charge in [0.15, 0.2) is 0 Å². The fraction of sp³-hybridized carbons (Fsp3) is 0.571. The van der Waals surface area contributed by atoms with E-state index in [1.807, 2.05) is 69.2 Å². The van der Waals surface area contributed by atoms with E-state index in [0.29, 0.717) is 0 Å². The number of pyridine rings is 1. The topological polar surface area (TPSA) is 166 Å². The minimum absolute atomic E-state index is 0.0174. The zero-order chi connectivity index (χ0) is 49.8. The zero-order valence-electron chi connectivity index (χ0n) is 43.6. The highest BCUT2D eigenvalue weighted by Gasteiger charge is 2.17. The molecular formula is C49H82N16. The first-order valence-corrected chi connectivity index (χ1v) is 22.0. The molecule has 0 aromatic carbocycles. The Balaban J connectivity index is 0.000000379. The minimum Gasteiger partial charge on any atom is -0.268 e. The normalized spacial score (nSPS) is 11.8. The summed E-state index contributed by atoms with van der Waals surface area (Å²) < 4.78 is 5.70. The molecule has 0 aliphatic heterocycles. The summed E-state index contributed by atoms with van der Waals surface area (Å²) in [6.45, 7) is 44.2. The van der Waals surface area contributed by atoms with E-state index in [9.17, 15) is 0 Å². The highest BCUT2D eigenvalue weighted by molar-refractivity contribution is 5.12. The second-order valence-corrected chi connectivity index (χ2v) is 22.0. The van der Waals surface area contributed by atoms with Gasteiger partial charge in [-0.2, -0.15) is 40.2 Å². The predicted octanol–water partition coefficient (Wildman–Crippen LogP) is 10.5. The molecule has 0 bridgehead atoms. The molecule has 0 aliphatic carbocycles. The Morgan fingerprint density at radius 1 is 0.323 bits per heavy atom. The summed E-state index contributed by atoms with van der Waals surface area (Å²) in [7, 11) is 0. The molecule has 16 heteroatoms. The number of hydrogen-bond acceptors (Lipinski definition) is 11. The summed E-state index contributed by atoms with van der Waals surface area (Å²) in [5, 5.41) is 31.7. The molecule has 0 N–H and O–H groups in total. The van der Waals surface area contributed by atoms with Gasteiger partial charge in [-0.25, -0.2) is 14.6 Å². The van der Waals surface area contributed by atoms with E-state index in [1.54, 1.807) is 65.4 Å². The molecule has 7 aromatic rings. The van der Waals surface area contributed by atoms with Gasteiger partial charge in [0.05, 0.1) is 58.7 Å². The van der Waals surface area contributed by atoms with Gasteiger partial charge in [0, 0.05) is 66.1 Å². The van der Waals surface area contributed by atoms with Gasteiger partial charge in [-0.1, -0.05) is 52.8 Å². The third-order valence-electron chi connectivity index (χ3n) is 8.20. The lowest BCUT2D eigenvalue weighted by molar-refractivity contribution is 0.312. The Kier molecular flexibility index (Phi) is 21.9. The lowest BCUT2D eigenvalue weighted by atomic mass is 9.92. The molecule has 0 fully saturated rings. The number of hydrogen-bond donors (Lipinski definition) is 0. The Hall–Kier alpha value is -5.93. The summed E-state index contributed by atoms with van der Waals surface area (Å²) in [5.41, 5.74) is 1.76. The van der Waals surface area contributed by atoms with Crippen LogP contribution in [0.1, 0.15) is 157 Å². The summed E-state index contributed by atoms with van der Waals surface area (Å²) in [4.78, 5) is 15.9. The number of aromatic nitrogens is 16. The fourth-order valence-corrected chi connectivity index (χ4v) is 4.51. The molecular weight excluding hydrogens is 813 g/mol. The van der Waals surface area contributed by atoms with Gasteiger partial charge >= 0.3 is 0 Å². The first kappa shape index (κ1) is 57.1. The van der Waals surface area contributed by atoms with E-state index in [0.717, 1.165) is 11.5 Å². The quantitative estimate of drug-likeness (QED) is 0.142. The van der Waals surface area contributed by atoms with Gasteiger partial charge in [-0.15, -0.1) is 5.10 Å². The van der Waals surface area contributed by atoms with Crippen molar-refractivity contribution in [2.24, 2.45) is 0 Å². The minimum atomic E-state index is 0.0174. The fourth-order valence-electron chi connectivity index (χ4n) is 4.51. The molecule has 0 atom stereocenters. The largest absolute Gasteiger partial charge is 0.268 e. The van der Waals surface area contributed by atoms with E-state index in [-0.39, 0.29) is 38.5 Å². The Labute approximate surface area is 390 Å². The maximum absolute atomic E-state index is 4.25. The van der Waals surface area contributed by atoms with Crippen LogP contribution in [-0.4, -0.2) is 79.5 Å². The second kappa shape index (κ2) is 24.9. The predicted molar refractivity (Wildman–Crippen MR) is 263 cm³/mol. The van der Waals surface area contributed by atoms with Crippen LogP contribution in [0.2, 0.25) is 0 Å². The molecule has 0 radical (unpaired) electrons. The van der Waals surface area contributed by atoms with Crippen molar-refractivity contribution in [2.45, 2.75) is 184 Å². The van der Waals surface area contributed by atoms with Crippen molar-refractivity contribution in [3.63, 3.8) is 0 Å². The van der Waals surface area contributed by atoms with Crippen LogP contribution >= 0.6 is 0 Å². The van der Waals surface area contributed by atoms with E-state index in [4.69, 9.17) is 0 Å². The van der Waals surface area contributed by atoms with E-state index in [2.05, 4.69) is 207 Å². The summed E-state index contributed by atoms with van der Waals surface area (Å²) in [5.74, 6) is 0.898. The Morgan fingerprint density at radius 2 is 0.723 bits per heavy atom. The first-order valence-electron chi connectivity index (χ1n) is 22.0. The molecule has 0 aliphatic rings. The van der Waals surface area contributed by atoms with Crippen LogP contribution in [0.4, 0.5) is 0 Å². The Bertz CT molecular complexity index is 1840. The van der Waals surface area contributed by atoms with Gasteiger partial charge in [0.25, 0.3) is 0 Å². The van der Waals surface area contributed by atoms with Gasteiger partial charge in [0.1, 0.15) is 5.82 Å². The highest BCUT2D eigenvalue weighted by Crippen LogP contribution is 2.19. The van der Waals surface area contributed by atoms with Crippen LogP contribution in [0.5, 0.6) is 0 Å². The monoisotopic (exact) mass is 895 g/mol. The molecule has 7 rings (SSSR count). The van der Waals surface area contributed by atoms with Crippen LogP contribution in [-0.2, 0) is 38.5 Å². The summed E-state index contributed by atoms with van der Waals surface area (Å²) >= 11 is 0. The maximum atomic E-state index is 4.25. The van der Waals surface area contributed by atoms with Crippen molar-refractivity contribution in [1.82, 2.24) is 79.5 Å². The van der Waals surface area contributed by atoms with E-state index < -0.39 is 0 Å². The smallest absolute Gasteiger partial charge is 0.133 e. The van der Waals surface area contributed by atoms with Crippen molar-refractivity contribution in [3.8, 4) is 0 Å². The number of rotatable bonds is 0. The van der Waals surface area contributed by atoms with Crippen LogP contribution in [0.3, 0.4) is 0 Å². The molecule has 7 aromatic heterocycles. The molecule has 65 heavy (non-hydrogen) atoms. The molecule has 0 amide bonds. The van der Waals surface area contributed by atoms with Gasteiger partial charge in [-0.05, 0) is 134 Å². The van der Waals surface area contributed by atoms with Crippen LogP contribution in [0.15, 0.2) is 117 Å². The molecule has 0 spiro atoms. The number of nitrogens with zero attached hydrogens (tertiary/aromatic N) is 16.